The van der Waals surface area contributed by atoms with Crippen LogP contribution in [0.4, 0.5) is 0 Å². The van der Waals surface area contributed by atoms with Crippen LogP contribution >= 0.6 is 0 Å². The first kappa shape index (κ1) is 14.1. The zero-order valence-corrected chi connectivity index (χ0v) is 11.3. The summed E-state index contributed by atoms with van der Waals surface area (Å²) < 4.78 is 5.27. The molecule has 1 heterocycles. The van der Waals surface area contributed by atoms with Crippen LogP contribution in [0.25, 0.3) is 0 Å². The van der Waals surface area contributed by atoms with Crippen molar-refractivity contribution in [3.63, 3.8) is 0 Å². The second kappa shape index (κ2) is 7.41. The van der Waals surface area contributed by atoms with Gasteiger partial charge in [-0.1, -0.05) is 20.8 Å². The smallest absolute Gasteiger partial charge is 0.0618 e. The quantitative estimate of drug-likeness (QED) is 0.790. The first-order valence-electron chi connectivity index (χ1n) is 6.34. The highest BCUT2D eigenvalue weighted by Crippen LogP contribution is 2.18. The van der Waals surface area contributed by atoms with Gasteiger partial charge in [-0.05, 0) is 30.0 Å². The van der Waals surface area contributed by atoms with Gasteiger partial charge in [-0.15, -0.1) is 0 Å². The second-order valence-electron chi connectivity index (χ2n) is 4.71. The van der Waals surface area contributed by atoms with Gasteiger partial charge in [0.15, 0.2) is 0 Å². The van der Waals surface area contributed by atoms with Crippen molar-refractivity contribution in [2.24, 2.45) is 5.92 Å². The van der Waals surface area contributed by atoms with Crippen molar-refractivity contribution in [3.8, 4) is 0 Å². The molecule has 0 spiro atoms. The van der Waals surface area contributed by atoms with E-state index < -0.39 is 0 Å². The maximum atomic E-state index is 5.27. The molecule has 0 saturated heterocycles. The minimum absolute atomic E-state index is 0.376. The summed E-state index contributed by atoms with van der Waals surface area (Å²) >= 11 is 0. The highest BCUT2D eigenvalue weighted by atomic mass is 16.5. The highest BCUT2D eigenvalue weighted by Gasteiger charge is 2.18. The van der Waals surface area contributed by atoms with Gasteiger partial charge in [0.25, 0.3) is 0 Å². The summed E-state index contributed by atoms with van der Waals surface area (Å²) in [5, 5.41) is 3.67. The molecule has 0 bridgehead atoms. The maximum absolute atomic E-state index is 5.27. The SMILES string of the molecule is CC[C@H](N[C@H](COC)C(C)C)c1ccncc1. The molecule has 1 rings (SSSR count). The van der Waals surface area contributed by atoms with Crippen LogP contribution in [0, 0.1) is 5.92 Å². The molecule has 0 aliphatic heterocycles. The number of pyridine rings is 1. The van der Waals surface area contributed by atoms with Crippen LogP contribution in [0.15, 0.2) is 24.5 Å². The van der Waals surface area contributed by atoms with Gasteiger partial charge >= 0.3 is 0 Å². The number of methoxy groups -OCH3 is 1. The fraction of sp³-hybridized carbons (Fsp3) is 0.643. The van der Waals surface area contributed by atoms with E-state index >= 15 is 0 Å². The predicted octanol–water partition coefficient (Wildman–Crippen LogP) is 2.79. The predicted molar refractivity (Wildman–Crippen MR) is 70.9 cm³/mol. The molecule has 0 fully saturated rings. The van der Waals surface area contributed by atoms with Gasteiger partial charge in [-0.25, -0.2) is 0 Å². The molecule has 96 valence electrons. The average Bonchev–Trinajstić information content (AvgIpc) is 2.35. The first-order chi connectivity index (χ1) is 8.19. The van der Waals surface area contributed by atoms with Gasteiger partial charge in [-0.3, -0.25) is 4.98 Å². The molecular weight excluding hydrogens is 212 g/mol. The van der Waals surface area contributed by atoms with E-state index in [-0.39, 0.29) is 0 Å². The molecule has 0 aromatic carbocycles. The zero-order chi connectivity index (χ0) is 12.7. The lowest BCUT2D eigenvalue weighted by molar-refractivity contribution is 0.139. The van der Waals surface area contributed by atoms with Gasteiger partial charge in [-0.2, -0.15) is 0 Å². The van der Waals surface area contributed by atoms with Gasteiger partial charge < -0.3 is 10.1 Å². The van der Waals surface area contributed by atoms with E-state index in [9.17, 15) is 0 Å². The minimum atomic E-state index is 0.376. The van der Waals surface area contributed by atoms with E-state index in [2.05, 4.69) is 43.2 Å². The second-order valence-corrected chi connectivity index (χ2v) is 4.71. The van der Waals surface area contributed by atoms with E-state index in [4.69, 9.17) is 4.74 Å². The van der Waals surface area contributed by atoms with E-state index in [1.165, 1.54) is 5.56 Å². The van der Waals surface area contributed by atoms with Crippen LogP contribution in [0.2, 0.25) is 0 Å². The van der Waals surface area contributed by atoms with Crippen LogP contribution in [-0.2, 0) is 4.74 Å². The minimum Gasteiger partial charge on any atom is -0.383 e. The normalized spacial score (nSPS) is 14.9. The number of nitrogens with one attached hydrogen (secondary N) is 1. The summed E-state index contributed by atoms with van der Waals surface area (Å²) in [7, 11) is 1.75. The molecule has 2 atom stereocenters. The van der Waals surface area contributed by atoms with Crippen molar-refractivity contribution in [2.75, 3.05) is 13.7 Å². The molecule has 1 aromatic rings. The number of hydrogen-bond acceptors (Lipinski definition) is 3. The summed E-state index contributed by atoms with van der Waals surface area (Å²) in [6, 6.07) is 4.91. The van der Waals surface area contributed by atoms with Crippen molar-refractivity contribution >= 4 is 0 Å². The Bertz CT molecular complexity index is 300. The Morgan fingerprint density at radius 3 is 2.41 bits per heavy atom. The molecule has 1 aromatic heterocycles. The monoisotopic (exact) mass is 236 g/mol. The zero-order valence-electron chi connectivity index (χ0n) is 11.3. The van der Waals surface area contributed by atoms with Crippen LogP contribution in [0.3, 0.4) is 0 Å². The van der Waals surface area contributed by atoms with Crippen LogP contribution in [0.5, 0.6) is 0 Å². The van der Waals surface area contributed by atoms with Gasteiger partial charge in [0, 0.05) is 31.6 Å². The Hall–Kier alpha value is -0.930. The molecule has 0 unspecified atom stereocenters. The summed E-state index contributed by atoms with van der Waals surface area (Å²) in [5.74, 6) is 0.561. The molecule has 3 heteroatoms. The Balaban J connectivity index is 2.68. The summed E-state index contributed by atoms with van der Waals surface area (Å²) in [5.41, 5.74) is 1.30. The molecule has 17 heavy (non-hydrogen) atoms. The summed E-state index contributed by atoms with van der Waals surface area (Å²) in [6.07, 6.45) is 4.76. The highest BCUT2D eigenvalue weighted by molar-refractivity contribution is 5.15. The van der Waals surface area contributed by atoms with Crippen LogP contribution < -0.4 is 5.32 Å². The molecule has 0 amide bonds. The van der Waals surface area contributed by atoms with Gasteiger partial charge in [0.1, 0.15) is 0 Å². The number of nitrogens with zero attached hydrogens (tertiary/aromatic N) is 1. The van der Waals surface area contributed by atoms with Crippen LogP contribution in [0.1, 0.15) is 38.8 Å². The van der Waals surface area contributed by atoms with Gasteiger partial charge in [0.05, 0.1) is 6.61 Å². The van der Waals surface area contributed by atoms with E-state index in [0.717, 1.165) is 13.0 Å². The first-order valence-corrected chi connectivity index (χ1v) is 6.34. The fourth-order valence-corrected chi connectivity index (χ4v) is 1.92. The number of aromatic nitrogens is 1. The third-order valence-corrected chi connectivity index (χ3v) is 3.08. The Morgan fingerprint density at radius 1 is 1.29 bits per heavy atom. The molecule has 3 nitrogen and oxygen atoms in total. The number of hydrogen-bond donors (Lipinski definition) is 1. The third kappa shape index (κ3) is 4.44. The largest absolute Gasteiger partial charge is 0.383 e. The Kier molecular flexibility index (Phi) is 6.16. The van der Waals surface area contributed by atoms with Crippen molar-refractivity contribution in [3.05, 3.63) is 30.1 Å². The molecule has 0 aliphatic carbocycles. The number of rotatable bonds is 7. The fourth-order valence-electron chi connectivity index (χ4n) is 1.92. The molecule has 0 aliphatic rings. The molecule has 0 saturated carbocycles. The van der Waals surface area contributed by atoms with Gasteiger partial charge in [0.2, 0.25) is 0 Å². The van der Waals surface area contributed by atoms with Crippen molar-refractivity contribution in [1.82, 2.24) is 10.3 Å². The third-order valence-electron chi connectivity index (χ3n) is 3.08. The van der Waals surface area contributed by atoms with Crippen molar-refractivity contribution in [1.29, 1.82) is 0 Å². The van der Waals surface area contributed by atoms with Crippen molar-refractivity contribution < 1.29 is 4.74 Å². The maximum Gasteiger partial charge on any atom is 0.0618 e. The topological polar surface area (TPSA) is 34.1 Å². The lowest BCUT2D eigenvalue weighted by Gasteiger charge is -2.27. The Labute approximate surface area is 105 Å². The number of ether oxygens (including phenoxy) is 1. The van der Waals surface area contributed by atoms with E-state index in [1.807, 2.05) is 12.4 Å². The average molecular weight is 236 g/mol. The summed E-state index contributed by atoms with van der Waals surface area (Å²) in [4.78, 5) is 4.06. The van der Waals surface area contributed by atoms with Crippen molar-refractivity contribution in [2.45, 2.75) is 39.3 Å². The van der Waals surface area contributed by atoms with E-state index in [1.54, 1.807) is 7.11 Å². The standard InChI is InChI=1S/C14H24N2O/c1-5-13(12-6-8-15-9-7-12)16-14(10-17-4)11(2)3/h6-9,11,13-14,16H,5,10H2,1-4H3/t13-,14+/m0/s1. The van der Waals surface area contributed by atoms with E-state index in [0.29, 0.717) is 18.0 Å². The molecule has 1 N–H and O–H groups in total. The molecule has 0 radical (unpaired) electrons. The summed E-state index contributed by atoms with van der Waals surface area (Å²) in [6.45, 7) is 7.38. The lowest BCUT2D eigenvalue weighted by Crippen LogP contribution is -2.40. The lowest BCUT2D eigenvalue weighted by atomic mass is 10.00. The molecular formula is C14H24N2O. The Morgan fingerprint density at radius 2 is 1.94 bits per heavy atom. The van der Waals surface area contributed by atoms with Crippen LogP contribution in [-0.4, -0.2) is 24.7 Å².